The molecule has 0 unspecified atom stereocenters. The first-order valence-corrected chi connectivity index (χ1v) is 10.7. The monoisotopic (exact) mass is 487 g/mol. The van der Waals surface area contributed by atoms with Crippen molar-refractivity contribution in [2.75, 3.05) is 19.1 Å². The minimum Gasteiger partial charge on any atom is -0.495 e. The molecule has 158 valence electrons. The van der Waals surface area contributed by atoms with E-state index in [2.05, 4.69) is 15.9 Å². The van der Waals surface area contributed by atoms with Gasteiger partial charge in [-0.2, -0.15) is 0 Å². The number of methoxy groups -OCH3 is 1. The molecule has 5 rings (SSSR count). The van der Waals surface area contributed by atoms with Crippen LogP contribution in [-0.4, -0.2) is 29.6 Å². The molecule has 0 bridgehead atoms. The summed E-state index contributed by atoms with van der Waals surface area (Å²) in [5, 5.41) is 0.485. The molecule has 0 saturated heterocycles. The highest BCUT2D eigenvalue weighted by molar-refractivity contribution is 9.10. The molecule has 1 aromatic heterocycles. The van der Waals surface area contributed by atoms with Crippen molar-refractivity contribution < 1.29 is 9.53 Å². The lowest BCUT2D eigenvalue weighted by Gasteiger charge is -2.15. The largest absolute Gasteiger partial charge is 0.495 e. The van der Waals surface area contributed by atoms with Crippen molar-refractivity contribution in [2.45, 2.75) is 0 Å². The fraction of sp³-hybridized carbons (Fsp3) is 0.0800. The molecular formula is C25H18BrN3O3. The highest BCUT2D eigenvalue weighted by Gasteiger charge is 2.30. The first-order chi connectivity index (χ1) is 15.5. The van der Waals surface area contributed by atoms with E-state index in [1.165, 1.54) is 4.57 Å². The van der Waals surface area contributed by atoms with Gasteiger partial charge in [-0.25, -0.2) is 4.98 Å². The van der Waals surface area contributed by atoms with Crippen LogP contribution in [0, 0.1) is 0 Å². The number of benzene rings is 3. The topological polar surface area (TPSA) is 64.4 Å². The average molecular weight is 488 g/mol. The van der Waals surface area contributed by atoms with E-state index in [9.17, 15) is 9.59 Å². The predicted molar refractivity (Wildman–Crippen MR) is 129 cm³/mol. The quantitative estimate of drug-likeness (QED) is 0.393. The molecule has 1 aliphatic heterocycles. The maximum Gasteiger partial charge on any atom is 0.266 e. The van der Waals surface area contributed by atoms with Gasteiger partial charge in [-0.15, -0.1) is 0 Å². The van der Waals surface area contributed by atoms with Crippen LogP contribution in [0.1, 0.15) is 11.4 Å². The predicted octanol–water partition coefficient (Wildman–Crippen LogP) is 4.67. The normalized spacial score (nSPS) is 14.3. The van der Waals surface area contributed by atoms with Crippen LogP contribution in [0.15, 0.2) is 76.0 Å². The van der Waals surface area contributed by atoms with Crippen molar-refractivity contribution in [2.24, 2.45) is 0 Å². The summed E-state index contributed by atoms with van der Waals surface area (Å²) in [6.07, 6.45) is 1.68. The second-order valence-electron chi connectivity index (χ2n) is 7.38. The average Bonchev–Trinajstić information content (AvgIpc) is 3.03. The van der Waals surface area contributed by atoms with Gasteiger partial charge in [0.15, 0.2) is 0 Å². The van der Waals surface area contributed by atoms with E-state index >= 15 is 0 Å². The Labute approximate surface area is 192 Å². The molecule has 1 amide bonds. The molecule has 32 heavy (non-hydrogen) atoms. The molecule has 6 nitrogen and oxygen atoms in total. The molecule has 0 N–H and O–H groups in total. The summed E-state index contributed by atoms with van der Waals surface area (Å²) in [5.74, 6) is 0.721. The second-order valence-corrected chi connectivity index (χ2v) is 8.30. The Morgan fingerprint density at radius 3 is 2.53 bits per heavy atom. The van der Waals surface area contributed by atoms with Crippen molar-refractivity contribution in [3.05, 3.63) is 92.9 Å². The van der Waals surface area contributed by atoms with Gasteiger partial charge in [-0.1, -0.05) is 40.2 Å². The lowest BCUT2D eigenvalue weighted by molar-refractivity contribution is -0.112. The third-order valence-electron chi connectivity index (χ3n) is 5.55. The number of nitrogens with zero attached hydrogens (tertiary/aromatic N) is 3. The van der Waals surface area contributed by atoms with Crippen LogP contribution >= 0.6 is 15.9 Å². The van der Waals surface area contributed by atoms with Crippen LogP contribution in [-0.2, 0) is 4.79 Å². The second kappa shape index (κ2) is 7.76. The van der Waals surface area contributed by atoms with Gasteiger partial charge in [0.2, 0.25) is 0 Å². The number of halogens is 1. The summed E-state index contributed by atoms with van der Waals surface area (Å²) in [6, 6.07) is 20.1. The highest BCUT2D eigenvalue weighted by atomic mass is 79.9. The fourth-order valence-electron chi connectivity index (χ4n) is 3.98. The molecule has 2 heterocycles. The molecule has 0 atom stereocenters. The summed E-state index contributed by atoms with van der Waals surface area (Å²) in [6.45, 7) is 0. The number of ether oxygens (including phenoxy) is 1. The Hall–Kier alpha value is -3.71. The Morgan fingerprint density at radius 2 is 1.72 bits per heavy atom. The van der Waals surface area contributed by atoms with Gasteiger partial charge in [0, 0.05) is 17.1 Å². The van der Waals surface area contributed by atoms with Gasteiger partial charge in [-0.3, -0.25) is 14.2 Å². The van der Waals surface area contributed by atoms with E-state index in [1.807, 2.05) is 36.4 Å². The van der Waals surface area contributed by atoms with E-state index in [4.69, 9.17) is 9.72 Å². The zero-order valence-corrected chi connectivity index (χ0v) is 19.0. The Morgan fingerprint density at radius 1 is 0.969 bits per heavy atom. The van der Waals surface area contributed by atoms with Crippen LogP contribution in [0.4, 0.5) is 5.69 Å². The zero-order valence-electron chi connectivity index (χ0n) is 17.4. The lowest BCUT2D eigenvalue weighted by atomic mass is 10.1. The molecule has 0 saturated carbocycles. The van der Waals surface area contributed by atoms with Gasteiger partial charge in [0.25, 0.3) is 11.5 Å². The summed E-state index contributed by atoms with van der Waals surface area (Å²) in [5.41, 5.74) is 2.93. The standard InChI is InChI=1S/C25H18BrN3O3/c1-28-20-12-11-15(26)13-17(20)18(24(28)30)14-23-27-19-8-4-3-7-16(19)25(31)29(23)21-9-5-6-10-22(21)32-2/h3-14H,1-2H3. The number of anilines is 1. The third-order valence-corrected chi connectivity index (χ3v) is 6.04. The first-order valence-electron chi connectivity index (χ1n) is 9.94. The highest BCUT2D eigenvalue weighted by Crippen LogP contribution is 2.38. The number of rotatable bonds is 3. The summed E-state index contributed by atoms with van der Waals surface area (Å²) < 4.78 is 7.87. The Kier molecular flexibility index (Phi) is 4.90. The number of amides is 1. The van der Waals surface area contributed by atoms with E-state index in [1.54, 1.807) is 55.5 Å². The summed E-state index contributed by atoms with van der Waals surface area (Å²) in [7, 11) is 3.29. The maximum absolute atomic E-state index is 13.6. The number of para-hydroxylation sites is 3. The maximum atomic E-state index is 13.6. The van der Waals surface area contributed by atoms with Crippen LogP contribution in [0.3, 0.4) is 0 Å². The SMILES string of the molecule is COc1ccccc1-n1c(C=C2C(=O)N(C)c3ccc(Br)cc32)nc2ccccc2c1=O. The van der Waals surface area contributed by atoms with Gasteiger partial charge in [0.05, 0.1) is 35.0 Å². The first kappa shape index (κ1) is 20.2. The molecule has 4 aromatic rings. The number of carbonyl (C=O) groups excluding carboxylic acids is 1. The molecule has 0 fully saturated rings. The minimum atomic E-state index is -0.236. The van der Waals surface area contributed by atoms with Crippen molar-refractivity contribution in [3.8, 4) is 11.4 Å². The molecule has 7 heteroatoms. The Bertz CT molecular complexity index is 1490. The fourth-order valence-corrected chi connectivity index (χ4v) is 4.35. The molecule has 0 aliphatic carbocycles. The molecule has 3 aromatic carbocycles. The molecular weight excluding hydrogens is 470 g/mol. The molecule has 1 aliphatic rings. The number of hydrogen-bond donors (Lipinski definition) is 0. The van der Waals surface area contributed by atoms with Crippen LogP contribution in [0.25, 0.3) is 28.2 Å². The third kappa shape index (κ3) is 3.13. The summed E-state index contributed by atoms with van der Waals surface area (Å²) >= 11 is 3.49. The number of hydrogen-bond acceptors (Lipinski definition) is 4. The van der Waals surface area contributed by atoms with Crippen molar-refractivity contribution >= 4 is 50.1 Å². The number of carbonyl (C=O) groups is 1. The number of aromatic nitrogens is 2. The van der Waals surface area contributed by atoms with Crippen molar-refractivity contribution in [1.29, 1.82) is 0 Å². The van der Waals surface area contributed by atoms with E-state index < -0.39 is 0 Å². The van der Waals surface area contributed by atoms with E-state index in [-0.39, 0.29) is 11.5 Å². The molecule has 0 spiro atoms. The van der Waals surface area contributed by atoms with Gasteiger partial charge in [-0.05, 0) is 48.5 Å². The Balaban J connectivity index is 1.85. The van der Waals surface area contributed by atoms with Crippen LogP contribution < -0.4 is 15.2 Å². The van der Waals surface area contributed by atoms with Crippen LogP contribution in [0.5, 0.6) is 5.75 Å². The van der Waals surface area contributed by atoms with E-state index in [0.29, 0.717) is 33.7 Å². The van der Waals surface area contributed by atoms with Crippen LogP contribution in [0.2, 0.25) is 0 Å². The number of likely N-dealkylation sites (N-methyl/N-ethyl adjacent to an activating group) is 1. The van der Waals surface area contributed by atoms with Gasteiger partial charge >= 0.3 is 0 Å². The van der Waals surface area contributed by atoms with Gasteiger partial charge < -0.3 is 9.64 Å². The summed E-state index contributed by atoms with van der Waals surface area (Å²) in [4.78, 5) is 33.0. The number of fused-ring (bicyclic) bond motifs is 2. The van der Waals surface area contributed by atoms with Gasteiger partial charge in [0.1, 0.15) is 11.6 Å². The smallest absolute Gasteiger partial charge is 0.266 e. The zero-order chi connectivity index (χ0) is 22.4. The van der Waals surface area contributed by atoms with Crippen molar-refractivity contribution in [3.63, 3.8) is 0 Å². The lowest BCUT2D eigenvalue weighted by Crippen LogP contribution is -2.24. The van der Waals surface area contributed by atoms with Crippen molar-refractivity contribution in [1.82, 2.24) is 9.55 Å². The van der Waals surface area contributed by atoms with E-state index in [0.717, 1.165) is 15.7 Å². The minimum absolute atomic E-state index is 0.160. The molecule has 0 radical (unpaired) electrons.